The highest BCUT2D eigenvalue weighted by Crippen LogP contribution is 2.19. The second kappa shape index (κ2) is 4.98. The number of carbonyl (C=O) groups excluding carboxylic acids is 1. The predicted octanol–water partition coefficient (Wildman–Crippen LogP) is 1.25. The number of carboxylic acids is 1. The van der Waals surface area contributed by atoms with E-state index >= 15 is 0 Å². The van der Waals surface area contributed by atoms with Crippen molar-refractivity contribution < 1.29 is 14.7 Å². The lowest BCUT2D eigenvalue weighted by Crippen LogP contribution is -2.39. The van der Waals surface area contributed by atoms with Crippen LogP contribution in [0.2, 0.25) is 0 Å². The first kappa shape index (κ1) is 11.0. The summed E-state index contributed by atoms with van der Waals surface area (Å²) in [6.45, 7) is 2.23. The molecule has 1 aliphatic rings. The topological polar surface area (TPSA) is 57.6 Å². The molecule has 0 aromatic carbocycles. The summed E-state index contributed by atoms with van der Waals surface area (Å²) in [6, 6.07) is -0.0903. The van der Waals surface area contributed by atoms with Crippen LogP contribution in [0.1, 0.15) is 39.0 Å². The number of likely N-dealkylation sites (tertiary alicyclic amines) is 1. The number of amides is 1. The van der Waals surface area contributed by atoms with E-state index in [1.54, 1.807) is 4.90 Å². The zero-order valence-corrected chi connectivity index (χ0v) is 8.53. The van der Waals surface area contributed by atoms with Gasteiger partial charge < -0.3 is 10.0 Å². The molecule has 0 saturated carbocycles. The van der Waals surface area contributed by atoms with Gasteiger partial charge >= 0.3 is 5.97 Å². The molecule has 0 radical (unpaired) electrons. The highest BCUT2D eigenvalue weighted by Gasteiger charge is 2.24. The fourth-order valence-electron chi connectivity index (χ4n) is 2.01. The minimum Gasteiger partial charge on any atom is -0.481 e. The van der Waals surface area contributed by atoms with Crippen LogP contribution in [0.3, 0.4) is 0 Å². The van der Waals surface area contributed by atoms with Crippen LogP contribution in [-0.2, 0) is 9.59 Å². The molecule has 80 valence electrons. The molecule has 1 fully saturated rings. The zero-order valence-electron chi connectivity index (χ0n) is 8.53. The Balaban J connectivity index is 2.63. The Morgan fingerprint density at radius 1 is 1.36 bits per heavy atom. The molecule has 0 aromatic rings. The molecule has 14 heavy (non-hydrogen) atoms. The van der Waals surface area contributed by atoms with E-state index in [2.05, 4.69) is 0 Å². The second-order valence-electron chi connectivity index (χ2n) is 3.81. The maximum Gasteiger partial charge on any atom is 0.305 e. The van der Waals surface area contributed by atoms with Gasteiger partial charge in [0.15, 0.2) is 0 Å². The molecule has 1 aliphatic heterocycles. The van der Waals surface area contributed by atoms with Crippen LogP contribution in [0, 0.1) is 0 Å². The van der Waals surface area contributed by atoms with Crippen molar-refractivity contribution in [1.82, 2.24) is 4.90 Å². The van der Waals surface area contributed by atoms with Crippen LogP contribution in [0.25, 0.3) is 0 Å². The van der Waals surface area contributed by atoms with Gasteiger partial charge in [0.1, 0.15) is 0 Å². The standard InChI is InChI=1S/C10H17NO3/c1-8(12)11-6-4-2-3-5-9(11)7-10(13)14/h9H,2-7H2,1H3,(H,13,14). The van der Waals surface area contributed by atoms with Crippen molar-refractivity contribution in [2.75, 3.05) is 6.54 Å². The van der Waals surface area contributed by atoms with Crippen LogP contribution in [0.15, 0.2) is 0 Å². The first-order valence-corrected chi connectivity index (χ1v) is 5.10. The first-order chi connectivity index (χ1) is 6.61. The summed E-state index contributed by atoms with van der Waals surface area (Å²) in [5.74, 6) is -0.818. The summed E-state index contributed by atoms with van der Waals surface area (Å²) in [5.41, 5.74) is 0. The van der Waals surface area contributed by atoms with Crippen LogP contribution >= 0.6 is 0 Å². The smallest absolute Gasteiger partial charge is 0.305 e. The lowest BCUT2D eigenvalue weighted by atomic mass is 10.1. The Morgan fingerprint density at radius 2 is 2.07 bits per heavy atom. The molecule has 0 spiro atoms. The highest BCUT2D eigenvalue weighted by molar-refractivity contribution is 5.75. The molecular weight excluding hydrogens is 182 g/mol. The van der Waals surface area contributed by atoms with Gasteiger partial charge in [-0.05, 0) is 12.8 Å². The second-order valence-corrected chi connectivity index (χ2v) is 3.81. The van der Waals surface area contributed by atoms with Gasteiger partial charge in [-0.1, -0.05) is 12.8 Å². The lowest BCUT2D eigenvalue weighted by molar-refractivity contribution is -0.140. The third-order valence-corrected chi connectivity index (χ3v) is 2.69. The molecule has 4 nitrogen and oxygen atoms in total. The number of hydrogen-bond donors (Lipinski definition) is 1. The Kier molecular flexibility index (Phi) is 3.92. The van der Waals surface area contributed by atoms with Gasteiger partial charge in [-0.15, -0.1) is 0 Å². The number of nitrogens with zero attached hydrogens (tertiary/aromatic N) is 1. The van der Waals surface area contributed by atoms with E-state index in [4.69, 9.17) is 5.11 Å². The van der Waals surface area contributed by atoms with E-state index in [1.165, 1.54) is 6.92 Å². The average Bonchev–Trinajstić information content (AvgIpc) is 2.28. The molecule has 1 atom stereocenters. The number of carboxylic acid groups (broad SMARTS) is 1. The van der Waals surface area contributed by atoms with Crippen LogP contribution < -0.4 is 0 Å². The van der Waals surface area contributed by atoms with Crippen molar-refractivity contribution in [2.24, 2.45) is 0 Å². The molecule has 1 N–H and O–H groups in total. The number of hydrogen-bond acceptors (Lipinski definition) is 2. The summed E-state index contributed by atoms with van der Waals surface area (Å²) in [5, 5.41) is 8.72. The lowest BCUT2D eigenvalue weighted by Gasteiger charge is -2.27. The molecule has 1 amide bonds. The Morgan fingerprint density at radius 3 is 2.64 bits per heavy atom. The number of carbonyl (C=O) groups is 2. The molecule has 1 unspecified atom stereocenters. The number of aliphatic carboxylic acids is 1. The maximum absolute atomic E-state index is 11.3. The van der Waals surface area contributed by atoms with Crippen LogP contribution in [0.4, 0.5) is 0 Å². The fraction of sp³-hybridized carbons (Fsp3) is 0.800. The van der Waals surface area contributed by atoms with Crippen LogP contribution in [-0.4, -0.2) is 34.5 Å². The van der Waals surface area contributed by atoms with Crippen molar-refractivity contribution >= 4 is 11.9 Å². The zero-order chi connectivity index (χ0) is 10.6. The van der Waals surface area contributed by atoms with E-state index < -0.39 is 5.97 Å². The molecule has 0 aromatic heterocycles. The molecule has 1 heterocycles. The first-order valence-electron chi connectivity index (χ1n) is 5.10. The van der Waals surface area contributed by atoms with E-state index in [-0.39, 0.29) is 18.4 Å². The SMILES string of the molecule is CC(=O)N1CCCCCC1CC(=O)O. The van der Waals surface area contributed by atoms with Crippen molar-refractivity contribution in [2.45, 2.75) is 45.1 Å². The summed E-state index contributed by atoms with van der Waals surface area (Å²) >= 11 is 0. The minimum absolute atomic E-state index is 0.00171. The average molecular weight is 199 g/mol. The van der Waals surface area contributed by atoms with Gasteiger partial charge in [-0.25, -0.2) is 0 Å². The quantitative estimate of drug-likeness (QED) is 0.728. The molecule has 1 rings (SSSR count). The van der Waals surface area contributed by atoms with E-state index in [1.807, 2.05) is 0 Å². The van der Waals surface area contributed by atoms with Crippen LogP contribution in [0.5, 0.6) is 0 Å². The summed E-state index contributed by atoms with van der Waals surface area (Å²) in [7, 11) is 0. The Labute approximate surface area is 83.9 Å². The highest BCUT2D eigenvalue weighted by atomic mass is 16.4. The van der Waals surface area contributed by atoms with E-state index in [0.717, 1.165) is 25.7 Å². The third kappa shape index (κ3) is 3.01. The van der Waals surface area contributed by atoms with E-state index in [0.29, 0.717) is 6.54 Å². The van der Waals surface area contributed by atoms with Gasteiger partial charge in [-0.3, -0.25) is 9.59 Å². The minimum atomic E-state index is -0.817. The Bertz CT molecular complexity index is 227. The third-order valence-electron chi connectivity index (χ3n) is 2.69. The van der Waals surface area contributed by atoms with Gasteiger partial charge in [-0.2, -0.15) is 0 Å². The largest absolute Gasteiger partial charge is 0.481 e. The van der Waals surface area contributed by atoms with Crippen molar-refractivity contribution in [3.8, 4) is 0 Å². The fourth-order valence-corrected chi connectivity index (χ4v) is 2.01. The van der Waals surface area contributed by atoms with Gasteiger partial charge in [0, 0.05) is 19.5 Å². The normalized spacial score (nSPS) is 22.9. The molecule has 0 bridgehead atoms. The maximum atomic E-state index is 11.3. The Hall–Kier alpha value is -1.06. The molecule has 0 aliphatic carbocycles. The summed E-state index contributed by atoms with van der Waals surface area (Å²) < 4.78 is 0. The number of rotatable bonds is 2. The molecule has 4 heteroatoms. The predicted molar refractivity (Wildman–Crippen MR) is 51.9 cm³/mol. The summed E-state index contributed by atoms with van der Waals surface area (Å²) in [4.78, 5) is 23.6. The van der Waals surface area contributed by atoms with Crippen molar-refractivity contribution in [3.05, 3.63) is 0 Å². The summed E-state index contributed by atoms with van der Waals surface area (Å²) in [6.07, 6.45) is 4.03. The molecule has 1 saturated heterocycles. The van der Waals surface area contributed by atoms with Gasteiger partial charge in [0.25, 0.3) is 0 Å². The molecular formula is C10H17NO3. The van der Waals surface area contributed by atoms with Gasteiger partial charge in [0.05, 0.1) is 6.42 Å². The monoisotopic (exact) mass is 199 g/mol. The van der Waals surface area contributed by atoms with Crippen molar-refractivity contribution in [1.29, 1.82) is 0 Å². The van der Waals surface area contributed by atoms with E-state index in [9.17, 15) is 9.59 Å². The van der Waals surface area contributed by atoms with Crippen molar-refractivity contribution in [3.63, 3.8) is 0 Å². The van der Waals surface area contributed by atoms with Gasteiger partial charge in [0.2, 0.25) is 5.91 Å².